The van der Waals surface area contributed by atoms with Gasteiger partial charge in [0.15, 0.2) is 11.5 Å². The van der Waals surface area contributed by atoms with E-state index in [1.165, 1.54) is 6.42 Å². The van der Waals surface area contributed by atoms with E-state index in [0.717, 1.165) is 48.3 Å². The van der Waals surface area contributed by atoms with Crippen LogP contribution in [0.5, 0.6) is 0 Å². The lowest BCUT2D eigenvalue weighted by Gasteiger charge is -2.27. The fourth-order valence-electron chi connectivity index (χ4n) is 4.12. The maximum Gasteiger partial charge on any atom is 0.254 e. The molecule has 6 nitrogen and oxygen atoms in total. The van der Waals surface area contributed by atoms with Gasteiger partial charge in [-0.05, 0) is 44.4 Å². The number of amides is 1. The van der Waals surface area contributed by atoms with E-state index >= 15 is 0 Å². The van der Waals surface area contributed by atoms with Crippen LogP contribution in [0.4, 0.5) is 0 Å². The van der Waals surface area contributed by atoms with Crippen LogP contribution in [0.3, 0.4) is 0 Å². The number of carbonyl (C=O) groups excluding carboxylic acids is 1. The number of hydrogen-bond donors (Lipinski definition) is 0. The summed E-state index contributed by atoms with van der Waals surface area (Å²) < 4.78 is 1.74. The van der Waals surface area contributed by atoms with Gasteiger partial charge < -0.3 is 4.90 Å². The summed E-state index contributed by atoms with van der Waals surface area (Å²) in [6.07, 6.45) is 5.02. The predicted molar refractivity (Wildman–Crippen MR) is 117 cm³/mol. The lowest BCUT2D eigenvalue weighted by molar-refractivity contribution is 0.0726. The Bertz CT molecular complexity index is 1190. The molecule has 0 aliphatic carbocycles. The molecule has 3 aromatic heterocycles. The number of hydrogen-bond acceptors (Lipinski definition) is 4. The molecular weight excluding hydrogens is 374 g/mol. The van der Waals surface area contributed by atoms with Crippen LogP contribution >= 0.6 is 0 Å². The van der Waals surface area contributed by atoms with E-state index < -0.39 is 0 Å². The number of carbonyl (C=O) groups is 1. The number of aromatic nitrogens is 4. The highest BCUT2D eigenvalue weighted by molar-refractivity contribution is 6.07. The van der Waals surface area contributed by atoms with Crippen molar-refractivity contribution in [1.29, 1.82) is 0 Å². The minimum absolute atomic E-state index is 0.0583. The van der Waals surface area contributed by atoms with Crippen molar-refractivity contribution in [1.82, 2.24) is 24.6 Å². The molecule has 1 saturated heterocycles. The summed E-state index contributed by atoms with van der Waals surface area (Å²) in [5.74, 6) is 0.743. The molecule has 30 heavy (non-hydrogen) atoms. The third kappa shape index (κ3) is 3.24. The molecule has 0 radical (unpaired) electrons. The Balaban J connectivity index is 1.75. The fraction of sp³-hybridized carbons (Fsp3) is 0.250. The first kappa shape index (κ1) is 18.5. The molecule has 5 rings (SSSR count). The van der Waals surface area contributed by atoms with Crippen LogP contribution in [0, 0.1) is 6.92 Å². The maximum absolute atomic E-state index is 13.5. The Kier molecular flexibility index (Phi) is 4.75. The Morgan fingerprint density at radius 3 is 2.47 bits per heavy atom. The second-order valence-corrected chi connectivity index (χ2v) is 7.66. The molecule has 0 saturated carbocycles. The van der Waals surface area contributed by atoms with Gasteiger partial charge in [-0.25, -0.2) is 9.97 Å². The first-order valence-corrected chi connectivity index (χ1v) is 10.4. The van der Waals surface area contributed by atoms with Crippen LogP contribution in [0.25, 0.3) is 28.1 Å². The van der Waals surface area contributed by atoms with Crippen LogP contribution in [-0.4, -0.2) is 43.6 Å². The Labute approximate surface area is 175 Å². The average molecular weight is 397 g/mol. The molecule has 4 heterocycles. The molecule has 0 spiro atoms. The SMILES string of the molecule is Cc1nn(-c2ccccn2)c2nc(-c3ccccc3)cc(C(=O)N3CCCCC3)c12. The average Bonchev–Trinajstić information content (AvgIpc) is 3.16. The van der Waals surface area contributed by atoms with Gasteiger partial charge in [-0.3, -0.25) is 4.79 Å². The van der Waals surface area contributed by atoms with Crippen LogP contribution in [0.15, 0.2) is 60.8 Å². The molecule has 6 heteroatoms. The lowest BCUT2D eigenvalue weighted by Crippen LogP contribution is -2.35. The number of fused-ring (bicyclic) bond motifs is 1. The second-order valence-electron chi connectivity index (χ2n) is 7.66. The molecule has 1 aliphatic heterocycles. The molecule has 1 aliphatic rings. The van der Waals surface area contributed by atoms with Crippen molar-refractivity contribution in [2.75, 3.05) is 13.1 Å². The van der Waals surface area contributed by atoms with Gasteiger partial charge in [-0.1, -0.05) is 36.4 Å². The lowest BCUT2D eigenvalue weighted by atomic mass is 10.0. The minimum Gasteiger partial charge on any atom is -0.339 e. The zero-order valence-corrected chi connectivity index (χ0v) is 17.0. The van der Waals surface area contributed by atoms with Gasteiger partial charge in [0.1, 0.15) is 0 Å². The molecule has 0 atom stereocenters. The summed E-state index contributed by atoms with van der Waals surface area (Å²) in [7, 11) is 0. The predicted octanol–water partition coefficient (Wildman–Crippen LogP) is 4.42. The van der Waals surface area contributed by atoms with E-state index in [9.17, 15) is 4.79 Å². The Hall–Kier alpha value is -3.54. The van der Waals surface area contributed by atoms with Gasteiger partial charge in [-0.15, -0.1) is 0 Å². The van der Waals surface area contributed by atoms with E-state index in [-0.39, 0.29) is 5.91 Å². The molecule has 0 N–H and O–H groups in total. The fourth-order valence-corrected chi connectivity index (χ4v) is 4.12. The molecular formula is C24H23N5O. The van der Waals surface area contributed by atoms with Crippen LogP contribution in [0.2, 0.25) is 0 Å². The summed E-state index contributed by atoms with van der Waals surface area (Å²) in [5.41, 5.74) is 3.84. The van der Waals surface area contributed by atoms with E-state index in [1.54, 1.807) is 10.9 Å². The number of pyridine rings is 2. The molecule has 0 bridgehead atoms. The van der Waals surface area contributed by atoms with E-state index in [1.807, 2.05) is 66.4 Å². The zero-order valence-electron chi connectivity index (χ0n) is 17.0. The largest absolute Gasteiger partial charge is 0.339 e. The van der Waals surface area contributed by atoms with Gasteiger partial charge in [-0.2, -0.15) is 9.78 Å². The molecule has 1 amide bonds. The van der Waals surface area contributed by atoms with Gasteiger partial charge in [0, 0.05) is 24.8 Å². The third-order valence-electron chi connectivity index (χ3n) is 5.62. The molecule has 4 aromatic rings. The number of rotatable bonds is 3. The quantitative estimate of drug-likeness (QED) is 0.513. The first-order chi connectivity index (χ1) is 14.7. The molecule has 1 fully saturated rings. The molecule has 0 unspecified atom stereocenters. The number of likely N-dealkylation sites (tertiary alicyclic amines) is 1. The second kappa shape index (κ2) is 7.71. The van der Waals surface area contributed by atoms with Crippen molar-refractivity contribution in [2.45, 2.75) is 26.2 Å². The van der Waals surface area contributed by atoms with E-state index in [0.29, 0.717) is 17.0 Å². The number of nitrogens with zero attached hydrogens (tertiary/aromatic N) is 5. The first-order valence-electron chi connectivity index (χ1n) is 10.4. The van der Waals surface area contributed by atoms with Crippen molar-refractivity contribution in [3.8, 4) is 17.1 Å². The maximum atomic E-state index is 13.5. The minimum atomic E-state index is 0.0583. The number of aryl methyl sites for hydroxylation is 1. The highest BCUT2D eigenvalue weighted by Gasteiger charge is 2.25. The van der Waals surface area contributed by atoms with Crippen molar-refractivity contribution >= 4 is 16.9 Å². The summed E-state index contributed by atoms with van der Waals surface area (Å²) in [6, 6.07) is 17.6. The van der Waals surface area contributed by atoms with Crippen molar-refractivity contribution < 1.29 is 4.79 Å². The van der Waals surface area contributed by atoms with Gasteiger partial charge in [0.05, 0.1) is 22.3 Å². The highest BCUT2D eigenvalue weighted by Crippen LogP contribution is 2.29. The summed E-state index contributed by atoms with van der Waals surface area (Å²) in [4.78, 5) is 24.9. The van der Waals surface area contributed by atoms with Gasteiger partial charge in [0.25, 0.3) is 5.91 Å². The van der Waals surface area contributed by atoms with Gasteiger partial charge >= 0.3 is 0 Å². The van der Waals surface area contributed by atoms with Crippen molar-refractivity contribution in [3.63, 3.8) is 0 Å². The van der Waals surface area contributed by atoms with Gasteiger partial charge in [0.2, 0.25) is 0 Å². The highest BCUT2D eigenvalue weighted by atomic mass is 16.2. The summed E-state index contributed by atoms with van der Waals surface area (Å²) >= 11 is 0. The normalized spacial score (nSPS) is 14.2. The Morgan fingerprint density at radius 2 is 1.73 bits per heavy atom. The van der Waals surface area contributed by atoms with E-state index in [2.05, 4.69) is 4.98 Å². The van der Waals surface area contributed by atoms with Crippen LogP contribution < -0.4 is 0 Å². The zero-order chi connectivity index (χ0) is 20.5. The topological polar surface area (TPSA) is 63.9 Å². The molecule has 1 aromatic carbocycles. The van der Waals surface area contributed by atoms with Crippen molar-refractivity contribution in [2.24, 2.45) is 0 Å². The van der Waals surface area contributed by atoms with Crippen LogP contribution in [-0.2, 0) is 0 Å². The number of benzene rings is 1. The monoisotopic (exact) mass is 397 g/mol. The van der Waals surface area contributed by atoms with E-state index in [4.69, 9.17) is 10.1 Å². The standard InChI is InChI=1S/C24H23N5O/c1-17-22-19(24(30)28-14-8-3-9-15-28)16-20(18-10-4-2-5-11-18)26-23(22)29(27-17)21-12-6-7-13-25-21/h2,4-7,10-13,16H,3,8-9,14-15H2,1H3. The third-order valence-corrected chi connectivity index (χ3v) is 5.62. The van der Waals surface area contributed by atoms with Crippen LogP contribution in [0.1, 0.15) is 35.3 Å². The summed E-state index contributed by atoms with van der Waals surface area (Å²) in [5, 5.41) is 5.51. The summed E-state index contributed by atoms with van der Waals surface area (Å²) in [6.45, 7) is 3.53. The number of piperidine rings is 1. The smallest absolute Gasteiger partial charge is 0.254 e. The van der Waals surface area contributed by atoms with Crippen molar-refractivity contribution in [3.05, 3.63) is 72.1 Å². The molecule has 150 valence electrons. The Morgan fingerprint density at radius 1 is 0.967 bits per heavy atom.